The van der Waals surface area contributed by atoms with Gasteiger partial charge in [-0.2, -0.15) is 4.31 Å². The van der Waals surface area contributed by atoms with Crippen molar-refractivity contribution in [2.45, 2.75) is 28.0 Å². The van der Waals surface area contributed by atoms with Crippen molar-refractivity contribution < 1.29 is 8.42 Å². The molecule has 30 heavy (non-hydrogen) atoms. The molecule has 2 unspecified atom stereocenters. The van der Waals surface area contributed by atoms with Crippen molar-refractivity contribution in [2.24, 2.45) is 5.92 Å². The van der Waals surface area contributed by atoms with E-state index in [4.69, 9.17) is 0 Å². The molecule has 3 aromatic rings. The topological polar surface area (TPSA) is 59.4 Å². The van der Waals surface area contributed by atoms with Crippen LogP contribution in [0.3, 0.4) is 0 Å². The Hall–Kier alpha value is -1.87. The van der Waals surface area contributed by atoms with E-state index in [1.807, 2.05) is 47.2 Å². The number of pyridine rings is 1. The standard InChI is InChI=1S/C22H22N2O3S3/c1-28-18-6-4-16(5-7-18)19-8-9-20-17-11-15(13-24(20)22(19)25)12-23(14-17)30(26,27)21-3-2-10-29-21/h2-10,15,17H,11-14H2,1H3. The molecule has 0 aliphatic carbocycles. The highest BCUT2D eigenvalue weighted by Crippen LogP contribution is 2.38. The normalized spacial score (nSPS) is 21.4. The highest BCUT2D eigenvalue weighted by Gasteiger charge is 2.40. The molecule has 2 aromatic heterocycles. The molecule has 1 fully saturated rings. The third-order valence-corrected chi connectivity index (χ3v) is 10.0. The molecular formula is C22H22N2O3S3. The monoisotopic (exact) mass is 458 g/mol. The number of benzene rings is 1. The minimum Gasteiger partial charge on any atom is -0.311 e. The van der Waals surface area contributed by atoms with Crippen LogP contribution in [0.15, 0.2) is 67.8 Å². The summed E-state index contributed by atoms with van der Waals surface area (Å²) in [5.74, 6) is 0.200. The maximum absolute atomic E-state index is 13.3. The summed E-state index contributed by atoms with van der Waals surface area (Å²) in [6.45, 7) is 1.46. The van der Waals surface area contributed by atoms with Gasteiger partial charge >= 0.3 is 0 Å². The molecule has 1 aromatic carbocycles. The lowest BCUT2D eigenvalue weighted by Crippen LogP contribution is -2.49. The van der Waals surface area contributed by atoms with E-state index in [1.165, 1.54) is 16.2 Å². The second kappa shape index (κ2) is 7.67. The van der Waals surface area contributed by atoms with Crippen LogP contribution in [-0.4, -0.2) is 36.6 Å². The number of rotatable bonds is 4. The van der Waals surface area contributed by atoms with Crippen LogP contribution in [-0.2, 0) is 16.6 Å². The summed E-state index contributed by atoms with van der Waals surface area (Å²) in [6, 6.07) is 15.4. The number of fused-ring (bicyclic) bond motifs is 4. The highest BCUT2D eigenvalue weighted by atomic mass is 32.2. The van der Waals surface area contributed by atoms with Crippen LogP contribution >= 0.6 is 23.1 Å². The van der Waals surface area contributed by atoms with Crippen molar-refractivity contribution in [1.29, 1.82) is 0 Å². The van der Waals surface area contributed by atoms with E-state index in [1.54, 1.807) is 33.6 Å². The molecule has 2 aliphatic heterocycles. The molecule has 0 spiro atoms. The fourth-order valence-electron chi connectivity index (χ4n) is 4.63. The van der Waals surface area contributed by atoms with Crippen LogP contribution in [0, 0.1) is 5.92 Å². The summed E-state index contributed by atoms with van der Waals surface area (Å²) in [6.07, 6.45) is 2.96. The van der Waals surface area contributed by atoms with Gasteiger partial charge in [0.25, 0.3) is 15.6 Å². The molecule has 0 saturated carbocycles. The van der Waals surface area contributed by atoms with E-state index in [2.05, 4.69) is 0 Å². The maximum Gasteiger partial charge on any atom is 0.258 e. The van der Waals surface area contributed by atoms with Gasteiger partial charge in [0, 0.05) is 41.7 Å². The lowest BCUT2D eigenvalue weighted by atomic mass is 9.84. The average Bonchev–Trinajstić information content (AvgIpc) is 3.30. The molecular weight excluding hydrogens is 436 g/mol. The van der Waals surface area contributed by atoms with Gasteiger partial charge in [-0.1, -0.05) is 18.2 Å². The highest BCUT2D eigenvalue weighted by molar-refractivity contribution is 7.98. The van der Waals surface area contributed by atoms with E-state index in [9.17, 15) is 13.2 Å². The number of nitrogens with zero attached hydrogens (tertiary/aromatic N) is 2. The zero-order chi connectivity index (χ0) is 20.9. The SMILES string of the molecule is CSc1ccc(-c2ccc3n(c2=O)CC2CC3CN(S(=O)(=O)c3cccs3)C2)cc1. The molecule has 0 amide bonds. The van der Waals surface area contributed by atoms with Gasteiger partial charge in [-0.05, 0) is 59.9 Å². The molecule has 8 heteroatoms. The van der Waals surface area contributed by atoms with Crippen molar-refractivity contribution in [1.82, 2.24) is 8.87 Å². The Morgan fingerprint density at radius 3 is 2.53 bits per heavy atom. The largest absolute Gasteiger partial charge is 0.311 e. The molecule has 2 aliphatic rings. The fraction of sp³-hybridized carbons (Fsp3) is 0.318. The number of thiophene rings is 1. The van der Waals surface area contributed by atoms with E-state index in [-0.39, 0.29) is 17.4 Å². The van der Waals surface area contributed by atoms with E-state index in [0.29, 0.717) is 29.4 Å². The van der Waals surface area contributed by atoms with Crippen LogP contribution in [0.2, 0.25) is 0 Å². The van der Waals surface area contributed by atoms with Crippen molar-refractivity contribution in [3.8, 4) is 11.1 Å². The van der Waals surface area contributed by atoms with E-state index >= 15 is 0 Å². The second-order valence-electron chi connectivity index (χ2n) is 7.87. The molecule has 4 heterocycles. The van der Waals surface area contributed by atoms with Gasteiger partial charge in [0.15, 0.2) is 0 Å². The first-order valence-electron chi connectivity index (χ1n) is 9.89. The molecule has 156 valence electrons. The zero-order valence-corrected chi connectivity index (χ0v) is 19.0. The second-order valence-corrected chi connectivity index (χ2v) is 11.9. The van der Waals surface area contributed by atoms with Crippen molar-refractivity contribution in [3.05, 3.63) is 70.0 Å². The minimum atomic E-state index is -3.47. The lowest BCUT2D eigenvalue weighted by Gasteiger charge is -2.42. The Bertz CT molecular complexity index is 1230. The number of hydrogen-bond acceptors (Lipinski definition) is 5. The number of aromatic nitrogens is 1. The zero-order valence-electron chi connectivity index (χ0n) is 16.5. The first-order valence-corrected chi connectivity index (χ1v) is 13.4. The Kier molecular flexibility index (Phi) is 5.13. The maximum atomic E-state index is 13.3. The summed E-state index contributed by atoms with van der Waals surface area (Å²) in [7, 11) is -3.47. The Morgan fingerprint density at radius 2 is 1.83 bits per heavy atom. The first-order chi connectivity index (χ1) is 14.5. The van der Waals surface area contributed by atoms with Crippen molar-refractivity contribution in [2.75, 3.05) is 19.3 Å². The Labute approximate surface area is 184 Å². The first kappa shape index (κ1) is 20.1. The molecule has 1 saturated heterocycles. The van der Waals surface area contributed by atoms with E-state index < -0.39 is 10.0 Å². The van der Waals surface area contributed by atoms with Gasteiger partial charge < -0.3 is 4.57 Å². The third-order valence-electron chi connectivity index (χ3n) is 6.06. The summed E-state index contributed by atoms with van der Waals surface area (Å²) in [5, 5.41) is 1.79. The molecule has 0 N–H and O–H groups in total. The van der Waals surface area contributed by atoms with Crippen LogP contribution in [0.5, 0.6) is 0 Å². The van der Waals surface area contributed by atoms with Gasteiger partial charge in [-0.3, -0.25) is 4.79 Å². The summed E-state index contributed by atoms with van der Waals surface area (Å²) in [5.41, 5.74) is 2.60. The minimum absolute atomic E-state index is 0.0219. The molecule has 5 rings (SSSR count). The Morgan fingerprint density at radius 1 is 1.03 bits per heavy atom. The molecule has 0 radical (unpaired) electrons. The number of piperidine rings is 1. The number of thioether (sulfide) groups is 1. The number of hydrogen-bond donors (Lipinski definition) is 0. The van der Waals surface area contributed by atoms with Crippen molar-refractivity contribution in [3.63, 3.8) is 0 Å². The lowest BCUT2D eigenvalue weighted by molar-refractivity contribution is 0.186. The van der Waals surface area contributed by atoms with Crippen molar-refractivity contribution >= 4 is 33.1 Å². The third kappa shape index (κ3) is 3.36. The van der Waals surface area contributed by atoms with Crippen LogP contribution in [0.25, 0.3) is 11.1 Å². The van der Waals surface area contributed by atoms with Crippen LogP contribution < -0.4 is 5.56 Å². The van der Waals surface area contributed by atoms with Gasteiger partial charge in [0.05, 0.1) is 0 Å². The predicted molar refractivity (Wildman–Crippen MR) is 122 cm³/mol. The smallest absolute Gasteiger partial charge is 0.258 e. The van der Waals surface area contributed by atoms with Gasteiger partial charge in [-0.15, -0.1) is 23.1 Å². The van der Waals surface area contributed by atoms with Gasteiger partial charge in [0.1, 0.15) is 4.21 Å². The van der Waals surface area contributed by atoms with E-state index in [0.717, 1.165) is 17.7 Å². The summed E-state index contributed by atoms with van der Waals surface area (Å²) in [4.78, 5) is 14.5. The summed E-state index contributed by atoms with van der Waals surface area (Å²) >= 11 is 2.93. The van der Waals surface area contributed by atoms with Crippen LogP contribution in [0.4, 0.5) is 0 Å². The van der Waals surface area contributed by atoms with Gasteiger partial charge in [-0.25, -0.2) is 8.42 Å². The van der Waals surface area contributed by atoms with Gasteiger partial charge in [0.2, 0.25) is 0 Å². The quantitative estimate of drug-likeness (QED) is 0.552. The summed E-state index contributed by atoms with van der Waals surface area (Å²) < 4.78 is 29.9. The average molecular weight is 459 g/mol. The predicted octanol–water partition coefficient (Wildman–Crippen LogP) is 4.11. The fourth-order valence-corrected chi connectivity index (χ4v) is 7.74. The molecule has 2 bridgehead atoms. The Balaban J connectivity index is 1.49. The molecule has 2 atom stereocenters. The van der Waals surface area contributed by atoms with Crippen LogP contribution in [0.1, 0.15) is 18.0 Å². The number of sulfonamides is 1. The molecule has 5 nitrogen and oxygen atoms in total.